The Hall–Kier alpha value is -0.690. The maximum atomic E-state index is 10.6. The van der Waals surface area contributed by atoms with Gasteiger partial charge in [0.1, 0.15) is 12.2 Å². The van der Waals surface area contributed by atoms with Gasteiger partial charge in [-0.3, -0.25) is 0 Å². The molecule has 0 aromatic heterocycles. The molecule has 0 bridgehead atoms. The van der Waals surface area contributed by atoms with Crippen LogP contribution < -0.4 is 0 Å². The van der Waals surface area contributed by atoms with Crippen molar-refractivity contribution in [2.75, 3.05) is 0 Å². The fourth-order valence-corrected chi connectivity index (χ4v) is 1.70. The maximum Gasteiger partial charge on any atom is 0.335 e. The van der Waals surface area contributed by atoms with Crippen molar-refractivity contribution in [3.8, 4) is 0 Å². The van der Waals surface area contributed by atoms with Gasteiger partial charge in [-0.05, 0) is 13.8 Å². The number of carboxylic acids is 1. The Kier molecular flexibility index (Phi) is 2.04. The number of ether oxygens (including phenoxy) is 3. The first kappa shape index (κ1) is 9.85. The van der Waals surface area contributed by atoms with Crippen molar-refractivity contribution in [2.24, 2.45) is 0 Å². The number of aliphatic hydroxyl groups excluding tert-OH is 1. The van der Waals surface area contributed by atoms with Crippen LogP contribution in [0, 0.1) is 0 Å². The molecule has 0 saturated carbocycles. The summed E-state index contributed by atoms with van der Waals surface area (Å²) in [6.45, 7) is 3.36. The van der Waals surface area contributed by atoms with Crippen LogP contribution >= 0.6 is 0 Å². The minimum Gasteiger partial charge on any atom is -0.479 e. The smallest absolute Gasteiger partial charge is 0.335 e. The van der Waals surface area contributed by atoms with Gasteiger partial charge in [0.05, 0.1) is 0 Å². The number of carboxylic acid groups (broad SMARTS) is 1. The summed E-state index contributed by atoms with van der Waals surface area (Å²) < 4.78 is 15.6. The van der Waals surface area contributed by atoms with Crippen LogP contribution in [0.15, 0.2) is 0 Å². The zero-order valence-electron chi connectivity index (χ0n) is 7.84. The van der Waals surface area contributed by atoms with Crippen LogP contribution in [-0.4, -0.2) is 46.6 Å². The normalized spacial score (nSPS) is 45.1. The van der Waals surface area contributed by atoms with Crippen LogP contribution in [0.3, 0.4) is 0 Å². The fraction of sp³-hybridized carbons (Fsp3) is 0.875. The largest absolute Gasteiger partial charge is 0.479 e. The van der Waals surface area contributed by atoms with Crippen molar-refractivity contribution in [1.82, 2.24) is 0 Å². The molecular weight excluding hydrogens is 192 g/mol. The van der Waals surface area contributed by atoms with Crippen LogP contribution in [0.4, 0.5) is 0 Å². The molecule has 80 valence electrons. The summed E-state index contributed by atoms with van der Waals surface area (Å²) in [4.78, 5) is 10.6. The Balaban J connectivity index is 2.11. The molecular formula is C8H12O6. The Morgan fingerprint density at radius 2 is 2.00 bits per heavy atom. The van der Waals surface area contributed by atoms with Crippen molar-refractivity contribution < 1.29 is 29.2 Å². The summed E-state index contributed by atoms with van der Waals surface area (Å²) in [6.07, 6.45) is -3.95. The average molecular weight is 204 g/mol. The summed E-state index contributed by atoms with van der Waals surface area (Å²) >= 11 is 0. The highest BCUT2D eigenvalue weighted by atomic mass is 16.8. The fourth-order valence-electron chi connectivity index (χ4n) is 1.70. The van der Waals surface area contributed by atoms with Gasteiger partial charge in [0.25, 0.3) is 0 Å². The Labute approximate surface area is 80.4 Å². The van der Waals surface area contributed by atoms with Crippen molar-refractivity contribution in [3.63, 3.8) is 0 Å². The van der Waals surface area contributed by atoms with Gasteiger partial charge < -0.3 is 24.4 Å². The molecule has 2 N–H and O–H groups in total. The van der Waals surface area contributed by atoms with Crippen molar-refractivity contribution in [3.05, 3.63) is 0 Å². The molecule has 2 heterocycles. The first-order chi connectivity index (χ1) is 6.41. The number of carbonyl (C=O) groups is 1. The molecule has 2 fully saturated rings. The van der Waals surface area contributed by atoms with E-state index in [9.17, 15) is 9.90 Å². The molecule has 2 aliphatic rings. The molecule has 0 aromatic carbocycles. The Morgan fingerprint density at radius 1 is 1.36 bits per heavy atom. The number of hydrogen-bond acceptors (Lipinski definition) is 5. The molecule has 0 spiro atoms. The standard InChI is InChI=1S/C8H12O6/c1-8(2)13-5-3(9)4(6(10)11)12-7(5)14-8/h3-5,7,9H,1-2H3,(H,10,11)/t3-,4-,5+,7-/m1/s1. The van der Waals surface area contributed by atoms with E-state index >= 15 is 0 Å². The predicted molar refractivity (Wildman–Crippen MR) is 42.3 cm³/mol. The minimum atomic E-state index is -1.26. The van der Waals surface area contributed by atoms with Gasteiger partial charge in [-0.2, -0.15) is 0 Å². The molecule has 0 aliphatic carbocycles. The summed E-state index contributed by atoms with van der Waals surface area (Å²) in [5.41, 5.74) is 0. The highest BCUT2D eigenvalue weighted by molar-refractivity contribution is 5.73. The third kappa shape index (κ3) is 1.40. The van der Waals surface area contributed by atoms with E-state index in [1.165, 1.54) is 0 Å². The average Bonchev–Trinajstić information content (AvgIpc) is 2.46. The molecule has 14 heavy (non-hydrogen) atoms. The van der Waals surface area contributed by atoms with Gasteiger partial charge >= 0.3 is 5.97 Å². The lowest BCUT2D eigenvalue weighted by Crippen LogP contribution is -2.38. The molecule has 2 rings (SSSR count). The zero-order valence-corrected chi connectivity index (χ0v) is 7.84. The van der Waals surface area contributed by atoms with Gasteiger partial charge in [0.2, 0.25) is 0 Å². The minimum absolute atomic E-state index is 0.717. The molecule has 4 atom stereocenters. The molecule has 2 aliphatic heterocycles. The van der Waals surface area contributed by atoms with Crippen LogP contribution in [-0.2, 0) is 19.0 Å². The van der Waals surface area contributed by atoms with Gasteiger partial charge in [-0.1, -0.05) is 0 Å². The molecule has 6 heteroatoms. The lowest BCUT2D eigenvalue weighted by molar-refractivity contribution is -0.219. The van der Waals surface area contributed by atoms with E-state index in [-0.39, 0.29) is 0 Å². The lowest BCUT2D eigenvalue weighted by atomic mass is 10.1. The van der Waals surface area contributed by atoms with E-state index in [0.29, 0.717) is 0 Å². The highest BCUT2D eigenvalue weighted by Gasteiger charge is 2.56. The number of fused-ring (bicyclic) bond motifs is 1. The number of hydrogen-bond donors (Lipinski definition) is 2. The number of rotatable bonds is 1. The summed E-state index contributed by atoms with van der Waals surface area (Å²) in [5.74, 6) is -2.04. The second kappa shape index (κ2) is 2.90. The summed E-state index contributed by atoms with van der Waals surface area (Å²) in [7, 11) is 0. The second-order valence-electron chi connectivity index (χ2n) is 3.85. The van der Waals surface area contributed by atoms with Crippen LogP contribution in [0.1, 0.15) is 13.8 Å². The van der Waals surface area contributed by atoms with E-state index in [2.05, 4.69) is 0 Å². The lowest BCUT2D eigenvalue weighted by Gasteiger charge is -2.21. The van der Waals surface area contributed by atoms with Crippen molar-refractivity contribution in [1.29, 1.82) is 0 Å². The molecule has 2 saturated heterocycles. The van der Waals surface area contributed by atoms with E-state index in [1.54, 1.807) is 13.8 Å². The predicted octanol–water partition coefficient (Wildman–Crippen LogP) is -0.692. The number of aliphatic hydroxyl groups is 1. The first-order valence-electron chi connectivity index (χ1n) is 4.33. The van der Waals surface area contributed by atoms with Crippen LogP contribution in [0.2, 0.25) is 0 Å². The summed E-state index contributed by atoms with van der Waals surface area (Å²) in [5, 5.41) is 18.2. The summed E-state index contributed by atoms with van der Waals surface area (Å²) in [6, 6.07) is 0. The van der Waals surface area contributed by atoms with E-state index < -0.39 is 36.4 Å². The molecule has 0 radical (unpaired) electrons. The third-order valence-electron chi connectivity index (χ3n) is 2.26. The molecule has 0 aromatic rings. The Morgan fingerprint density at radius 3 is 2.50 bits per heavy atom. The van der Waals surface area contributed by atoms with E-state index in [0.717, 1.165) is 0 Å². The molecule has 6 nitrogen and oxygen atoms in total. The van der Waals surface area contributed by atoms with E-state index in [1.807, 2.05) is 0 Å². The van der Waals surface area contributed by atoms with Gasteiger partial charge in [-0.25, -0.2) is 4.79 Å². The van der Waals surface area contributed by atoms with Crippen molar-refractivity contribution in [2.45, 2.75) is 44.2 Å². The Bertz CT molecular complexity index is 263. The highest BCUT2D eigenvalue weighted by Crippen LogP contribution is 2.37. The third-order valence-corrected chi connectivity index (χ3v) is 2.26. The maximum absolute atomic E-state index is 10.6. The van der Waals surface area contributed by atoms with E-state index in [4.69, 9.17) is 19.3 Å². The monoisotopic (exact) mass is 204 g/mol. The first-order valence-corrected chi connectivity index (χ1v) is 4.33. The zero-order chi connectivity index (χ0) is 10.5. The van der Waals surface area contributed by atoms with Gasteiger partial charge in [0, 0.05) is 0 Å². The van der Waals surface area contributed by atoms with Gasteiger partial charge in [0.15, 0.2) is 18.2 Å². The number of aliphatic carboxylic acids is 1. The topological polar surface area (TPSA) is 85.2 Å². The SMILES string of the molecule is CC1(C)O[C@H]2O[C@@H](C(=O)O)[C@@H](O)[C@@H]2O1. The quantitative estimate of drug-likeness (QED) is 0.588. The second-order valence-corrected chi connectivity index (χ2v) is 3.85. The van der Waals surface area contributed by atoms with Gasteiger partial charge in [-0.15, -0.1) is 0 Å². The van der Waals surface area contributed by atoms with Crippen molar-refractivity contribution >= 4 is 5.97 Å². The van der Waals surface area contributed by atoms with Crippen LogP contribution in [0.5, 0.6) is 0 Å². The molecule has 0 unspecified atom stereocenters. The molecule has 0 amide bonds. The van der Waals surface area contributed by atoms with Crippen LogP contribution in [0.25, 0.3) is 0 Å².